The Morgan fingerprint density at radius 2 is 1.67 bits per heavy atom. The second-order valence-corrected chi connectivity index (χ2v) is 6.93. The molecule has 7 nitrogen and oxygen atoms in total. The van der Waals surface area contributed by atoms with Crippen molar-refractivity contribution in [1.29, 1.82) is 0 Å². The van der Waals surface area contributed by atoms with Crippen molar-refractivity contribution in [3.8, 4) is 0 Å². The summed E-state index contributed by atoms with van der Waals surface area (Å²) in [6, 6.07) is -1.10. The summed E-state index contributed by atoms with van der Waals surface area (Å²) in [7, 11) is 0. The van der Waals surface area contributed by atoms with E-state index in [1.165, 1.54) is 0 Å². The van der Waals surface area contributed by atoms with E-state index in [2.05, 4.69) is 16.4 Å². The van der Waals surface area contributed by atoms with Gasteiger partial charge in [0.15, 0.2) is 6.04 Å². The number of nitrogens with one attached hydrogen (secondary N) is 2. The quantitative estimate of drug-likeness (QED) is 0.379. The van der Waals surface area contributed by atoms with E-state index in [-0.39, 0.29) is 42.1 Å². The van der Waals surface area contributed by atoms with Gasteiger partial charge >= 0.3 is 5.97 Å². The number of carbonyl (C=O) groups excluding carboxylic acids is 2. The monoisotopic (exact) mass is 363 g/mol. The Balaban J connectivity index is 0.00000529. The molecule has 6 N–H and O–H groups in total. The molecule has 2 atom stereocenters. The van der Waals surface area contributed by atoms with E-state index in [0.29, 0.717) is 12.5 Å². The molecule has 0 radical (unpaired) electrons. The van der Waals surface area contributed by atoms with E-state index < -0.39 is 12.0 Å². The van der Waals surface area contributed by atoms with Gasteiger partial charge in [-0.3, -0.25) is 9.59 Å². The predicted molar refractivity (Wildman–Crippen MR) is 85.2 cm³/mol. The van der Waals surface area contributed by atoms with Crippen LogP contribution in [-0.4, -0.2) is 41.5 Å². The smallest absolute Gasteiger partial charge is 0.326 e. The van der Waals surface area contributed by atoms with Gasteiger partial charge in [-0.15, -0.1) is 0 Å². The highest BCUT2D eigenvalue weighted by Gasteiger charge is 2.30. The Morgan fingerprint density at radius 3 is 2.08 bits per heavy atom. The maximum absolute atomic E-state index is 12.2. The summed E-state index contributed by atoms with van der Waals surface area (Å²) in [5.74, 6) is -1.11. The van der Waals surface area contributed by atoms with Crippen LogP contribution in [-0.2, 0) is 14.4 Å². The average Bonchev–Trinajstić information content (AvgIpc) is 2.49. The lowest BCUT2D eigenvalue weighted by Gasteiger charge is -2.29. The molecular formula is C16H30ClN3O4. The number of aliphatic carboxylic acids is 1. The molecule has 1 aliphatic carbocycles. The zero-order valence-corrected chi connectivity index (χ0v) is 15.4. The molecule has 0 aliphatic heterocycles. The van der Waals surface area contributed by atoms with Crippen LogP contribution in [0.5, 0.6) is 0 Å². The average molecular weight is 364 g/mol. The van der Waals surface area contributed by atoms with E-state index >= 15 is 0 Å². The second-order valence-electron chi connectivity index (χ2n) is 6.93. The number of carboxylic acids is 1. The lowest BCUT2D eigenvalue weighted by atomic mass is 9.81. The minimum atomic E-state index is -0.993. The van der Waals surface area contributed by atoms with Gasteiger partial charge in [0.1, 0.15) is 6.04 Å². The first-order valence-corrected chi connectivity index (χ1v) is 8.36. The van der Waals surface area contributed by atoms with Crippen molar-refractivity contribution in [3.05, 3.63) is 0 Å². The van der Waals surface area contributed by atoms with Crippen LogP contribution >= 0.6 is 0 Å². The molecule has 2 amide bonds. The van der Waals surface area contributed by atoms with E-state index in [9.17, 15) is 14.4 Å². The van der Waals surface area contributed by atoms with Gasteiger partial charge in [-0.25, -0.2) is 4.79 Å². The molecule has 0 aromatic heterocycles. The van der Waals surface area contributed by atoms with Crippen molar-refractivity contribution in [3.63, 3.8) is 0 Å². The second kappa shape index (κ2) is 10.5. The van der Waals surface area contributed by atoms with Crippen molar-refractivity contribution < 1.29 is 37.6 Å². The Labute approximate surface area is 149 Å². The van der Waals surface area contributed by atoms with Gasteiger partial charge in [0.25, 0.3) is 5.91 Å². The van der Waals surface area contributed by atoms with Crippen LogP contribution in [0.25, 0.3) is 0 Å². The van der Waals surface area contributed by atoms with E-state index in [1.54, 1.807) is 20.8 Å². The molecule has 140 valence electrons. The van der Waals surface area contributed by atoms with Crippen LogP contribution < -0.4 is 28.8 Å². The summed E-state index contributed by atoms with van der Waals surface area (Å²) in [4.78, 5) is 34.9. The highest BCUT2D eigenvalue weighted by molar-refractivity contribution is 5.85. The first-order chi connectivity index (χ1) is 10.7. The van der Waals surface area contributed by atoms with E-state index in [4.69, 9.17) is 5.11 Å². The van der Waals surface area contributed by atoms with Crippen molar-refractivity contribution in [1.82, 2.24) is 10.6 Å². The Kier molecular flexibility index (Phi) is 9.92. The maximum atomic E-state index is 12.2. The van der Waals surface area contributed by atoms with Gasteiger partial charge in [-0.2, -0.15) is 0 Å². The minimum Gasteiger partial charge on any atom is -1.00 e. The fraction of sp³-hybridized carbons (Fsp3) is 0.812. The van der Waals surface area contributed by atoms with Crippen LogP contribution in [0.4, 0.5) is 0 Å². The normalized spacial score (nSPS) is 22.9. The molecule has 0 aromatic carbocycles. The molecule has 1 rings (SSSR count). The molecule has 0 bridgehead atoms. The topological polar surface area (TPSA) is 123 Å². The Bertz CT molecular complexity index is 435. The van der Waals surface area contributed by atoms with Gasteiger partial charge in [0.2, 0.25) is 5.91 Å². The summed E-state index contributed by atoms with van der Waals surface area (Å²) in [6.45, 7) is 5.94. The van der Waals surface area contributed by atoms with Crippen molar-refractivity contribution in [2.45, 2.75) is 58.5 Å². The molecule has 24 heavy (non-hydrogen) atoms. The van der Waals surface area contributed by atoms with Crippen LogP contribution in [0.15, 0.2) is 0 Å². The van der Waals surface area contributed by atoms with Crippen LogP contribution in [0.2, 0.25) is 0 Å². The highest BCUT2D eigenvalue weighted by Crippen LogP contribution is 2.28. The third-order valence-corrected chi connectivity index (χ3v) is 4.46. The lowest BCUT2D eigenvalue weighted by molar-refractivity contribution is -0.398. The summed E-state index contributed by atoms with van der Waals surface area (Å²) in [5.41, 5.74) is 3.68. The fourth-order valence-corrected chi connectivity index (χ4v) is 2.83. The van der Waals surface area contributed by atoms with Gasteiger partial charge in [0.05, 0.1) is 0 Å². The molecule has 0 saturated heterocycles. The molecule has 0 unspecified atom stereocenters. The number of quaternary nitrogens is 1. The molecule has 1 aliphatic rings. The SMILES string of the molecule is CC(C)[C@H](NC(=O)C1CCC(CNC(=O)[C@@H](C)[NH3+])CC1)C(=O)O.[Cl-]. The largest absolute Gasteiger partial charge is 1.00 e. The number of rotatable bonds is 7. The minimum absolute atomic E-state index is 0. The highest BCUT2D eigenvalue weighted by atomic mass is 35.5. The van der Waals surface area contributed by atoms with Crippen molar-refractivity contribution in [2.24, 2.45) is 17.8 Å². The van der Waals surface area contributed by atoms with Crippen LogP contribution in [0.1, 0.15) is 46.5 Å². The summed E-state index contributed by atoms with van der Waals surface area (Å²) in [6.07, 6.45) is 3.19. The first-order valence-electron chi connectivity index (χ1n) is 8.36. The standard InChI is InChI=1S/C16H29N3O4.ClH/c1-9(2)13(16(22)23)19-15(21)12-6-4-11(5-7-12)8-18-14(20)10(3)17;/h9-13H,4-8,17H2,1-3H3,(H,18,20)(H,19,21)(H,22,23);1H/t10-,11?,12?,13+;/m1./s1. The van der Waals surface area contributed by atoms with Crippen LogP contribution in [0, 0.1) is 17.8 Å². The number of hydrogen-bond donors (Lipinski definition) is 4. The zero-order valence-electron chi connectivity index (χ0n) is 14.7. The van der Waals surface area contributed by atoms with Crippen molar-refractivity contribution >= 4 is 17.8 Å². The first kappa shape index (κ1) is 22.7. The fourth-order valence-electron chi connectivity index (χ4n) is 2.83. The van der Waals surface area contributed by atoms with E-state index in [1.807, 2.05) is 0 Å². The molecule has 8 heteroatoms. The summed E-state index contributed by atoms with van der Waals surface area (Å²) in [5, 5.41) is 14.7. The predicted octanol–water partition coefficient (Wildman–Crippen LogP) is -3.23. The number of carboxylic acid groups (broad SMARTS) is 1. The number of carbonyl (C=O) groups is 3. The van der Waals surface area contributed by atoms with Gasteiger partial charge in [0, 0.05) is 12.5 Å². The molecule has 1 saturated carbocycles. The third kappa shape index (κ3) is 7.05. The van der Waals surface area contributed by atoms with Gasteiger partial charge in [-0.1, -0.05) is 13.8 Å². The molecule has 1 fully saturated rings. The maximum Gasteiger partial charge on any atom is 0.326 e. The number of halogens is 1. The number of amides is 2. The third-order valence-electron chi connectivity index (χ3n) is 4.46. The molecular weight excluding hydrogens is 334 g/mol. The van der Waals surface area contributed by atoms with E-state index in [0.717, 1.165) is 25.7 Å². The van der Waals surface area contributed by atoms with Gasteiger partial charge in [-0.05, 0) is 44.4 Å². The molecule has 0 heterocycles. The van der Waals surface area contributed by atoms with Crippen molar-refractivity contribution in [2.75, 3.05) is 6.54 Å². The lowest BCUT2D eigenvalue weighted by Crippen LogP contribution is -3.00. The molecule has 0 spiro atoms. The van der Waals surface area contributed by atoms with Crippen LogP contribution in [0.3, 0.4) is 0 Å². The zero-order chi connectivity index (χ0) is 17.6. The Morgan fingerprint density at radius 1 is 1.12 bits per heavy atom. The van der Waals surface area contributed by atoms with Gasteiger partial charge < -0.3 is 33.9 Å². The summed E-state index contributed by atoms with van der Waals surface area (Å²) < 4.78 is 0. The molecule has 0 aromatic rings. The summed E-state index contributed by atoms with van der Waals surface area (Å²) >= 11 is 0. The number of hydrogen-bond acceptors (Lipinski definition) is 3. The Hall–Kier alpha value is -1.34.